The lowest BCUT2D eigenvalue weighted by Crippen LogP contribution is -2.41. The van der Waals surface area contributed by atoms with Crippen molar-refractivity contribution in [2.24, 2.45) is 4.99 Å². The van der Waals surface area contributed by atoms with E-state index in [1.54, 1.807) is 12.1 Å². The number of carboxylic acid groups (broad SMARTS) is 1. The number of hydrogen-bond donors (Lipinski definition) is 1. The van der Waals surface area contributed by atoms with Crippen molar-refractivity contribution < 1.29 is 9.90 Å². The first-order valence-electron chi connectivity index (χ1n) is 9.82. The van der Waals surface area contributed by atoms with Gasteiger partial charge in [-0.1, -0.05) is 54.6 Å². The van der Waals surface area contributed by atoms with Crippen molar-refractivity contribution in [2.75, 3.05) is 22.9 Å². The van der Waals surface area contributed by atoms with Crippen LogP contribution in [0.15, 0.2) is 77.8 Å². The van der Waals surface area contributed by atoms with Gasteiger partial charge in [0.1, 0.15) is 0 Å². The number of hydrogen-bond acceptors (Lipinski definition) is 4. The third-order valence-electron chi connectivity index (χ3n) is 5.50. The van der Waals surface area contributed by atoms with E-state index >= 15 is 0 Å². The fraction of sp³-hybridized carbons (Fsp3) is 0.167. The van der Waals surface area contributed by atoms with Gasteiger partial charge in [-0.05, 0) is 41.3 Å². The number of fused-ring (bicyclic) bond motifs is 3. The van der Waals surface area contributed by atoms with E-state index in [0.717, 1.165) is 48.7 Å². The molecule has 5 nitrogen and oxygen atoms in total. The molecule has 29 heavy (non-hydrogen) atoms. The summed E-state index contributed by atoms with van der Waals surface area (Å²) in [5.41, 5.74) is 5.53. The molecule has 0 unspecified atom stereocenters. The number of aromatic carboxylic acids is 1. The van der Waals surface area contributed by atoms with E-state index in [9.17, 15) is 9.90 Å². The molecule has 3 aromatic rings. The summed E-state index contributed by atoms with van der Waals surface area (Å²) in [4.78, 5) is 20.9. The molecule has 0 saturated carbocycles. The number of anilines is 2. The summed E-state index contributed by atoms with van der Waals surface area (Å²) in [6, 6.07) is 23.7. The molecule has 1 N–H and O–H groups in total. The Morgan fingerprint density at radius 3 is 2.45 bits per heavy atom. The molecule has 0 fully saturated rings. The van der Waals surface area contributed by atoms with Crippen molar-refractivity contribution in [1.29, 1.82) is 0 Å². The summed E-state index contributed by atoms with van der Waals surface area (Å²) in [5, 5.41) is 9.45. The lowest BCUT2D eigenvalue weighted by molar-refractivity contribution is 0.0697. The Hall–Kier alpha value is -3.60. The first-order chi connectivity index (χ1) is 14.2. The van der Waals surface area contributed by atoms with Crippen molar-refractivity contribution in [2.45, 2.75) is 13.0 Å². The summed E-state index contributed by atoms with van der Waals surface area (Å²) in [5.74, 6) is 0.117. The normalized spacial score (nSPS) is 15.0. The van der Waals surface area contributed by atoms with E-state index in [2.05, 4.69) is 46.2 Å². The first-order valence-corrected chi connectivity index (χ1v) is 9.82. The molecule has 2 heterocycles. The third-order valence-corrected chi connectivity index (χ3v) is 5.50. The standard InChI is InChI=1S/C24H21N3O2/c28-23(29)20-7-2-1-6-19(20)18-12-10-17(11-13-18)16-27-22-9-4-3-8-21(22)26-15-5-14-25-24(26)27/h1-4,6-13H,5,14-16H2,(H,28,29). The van der Waals surface area contributed by atoms with Crippen LogP contribution in [0.2, 0.25) is 0 Å². The van der Waals surface area contributed by atoms with Gasteiger partial charge in [0, 0.05) is 13.1 Å². The first kappa shape index (κ1) is 17.5. The van der Waals surface area contributed by atoms with Crippen LogP contribution in [-0.4, -0.2) is 30.1 Å². The highest BCUT2D eigenvalue weighted by molar-refractivity contribution is 6.16. The minimum absolute atomic E-state index is 0.320. The van der Waals surface area contributed by atoms with Gasteiger partial charge >= 0.3 is 5.97 Å². The van der Waals surface area contributed by atoms with Gasteiger partial charge in [-0.3, -0.25) is 4.99 Å². The van der Waals surface area contributed by atoms with Gasteiger partial charge in [-0.2, -0.15) is 0 Å². The largest absolute Gasteiger partial charge is 0.478 e. The molecular formula is C24H21N3O2. The maximum Gasteiger partial charge on any atom is 0.336 e. The Morgan fingerprint density at radius 2 is 1.66 bits per heavy atom. The molecule has 0 aliphatic carbocycles. The Morgan fingerprint density at radius 1 is 0.931 bits per heavy atom. The van der Waals surface area contributed by atoms with Crippen LogP contribution in [0.1, 0.15) is 22.3 Å². The molecule has 5 rings (SSSR count). The molecule has 0 aromatic heterocycles. The number of nitrogens with zero attached hydrogens (tertiary/aromatic N) is 3. The molecule has 0 atom stereocenters. The summed E-state index contributed by atoms with van der Waals surface area (Å²) in [6.45, 7) is 2.59. The van der Waals surface area contributed by atoms with Gasteiger partial charge in [-0.25, -0.2) is 4.79 Å². The van der Waals surface area contributed by atoms with Gasteiger partial charge in [0.2, 0.25) is 5.96 Å². The van der Waals surface area contributed by atoms with Crippen LogP contribution in [0.25, 0.3) is 11.1 Å². The van der Waals surface area contributed by atoms with E-state index in [-0.39, 0.29) is 0 Å². The molecule has 3 aromatic carbocycles. The van der Waals surface area contributed by atoms with Crippen LogP contribution in [0.5, 0.6) is 0 Å². The highest BCUT2D eigenvalue weighted by Crippen LogP contribution is 2.39. The number of benzene rings is 3. The second-order valence-electron chi connectivity index (χ2n) is 7.31. The maximum atomic E-state index is 11.5. The Labute approximate surface area is 169 Å². The number of para-hydroxylation sites is 2. The molecule has 0 amide bonds. The van der Waals surface area contributed by atoms with Gasteiger partial charge < -0.3 is 14.9 Å². The molecule has 5 heteroatoms. The molecule has 2 aliphatic heterocycles. The molecule has 2 aliphatic rings. The topological polar surface area (TPSA) is 56.1 Å². The van der Waals surface area contributed by atoms with E-state index < -0.39 is 5.97 Å². The number of guanidine groups is 1. The van der Waals surface area contributed by atoms with Gasteiger partial charge in [0.05, 0.1) is 23.5 Å². The zero-order chi connectivity index (χ0) is 19.8. The lowest BCUT2D eigenvalue weighted by Gasteiger charge is -2.27. The average Bonchev–Trinajstić information content (AvgIpc) is 3.08. The zero-order valence-electron chi connectivity index (χ0n) is 16.0. The highest BCUT2D eigenvalue weighted by Gasteiger charge is 2.33. The second-order valence-corrected chi connectivity index (χ2v) is 7.31. The summed E-state index contributed by atoms with van der Waals surface area (Å²) < 4.78 is 0. The van der Waals surface area contributed by atoms with Crippen LogP contribution in [0.4, 0.5) is 11.4 Å². The molecule has 0 spiro atoms. The van der Waals surface area contributed by atoms with Crippen molar-refractivity contribution in [3.05, 3.63) is 83.9 Å². The summed E-state index contributed by atoms with van der Waals surface area (Å²) in [7, 11) is 0. The molecule has 0 radical (unpaired) electrons. The predicted molar refractivity (Wildman–Crippen MR) is 116 cm³/mol. The van der Waals surface area contributed by atoms with Crippen LogP contribution in [-0.2, 0) is 6.54 Å². The summed E-state index contributed by atoms with van der Waals surface area (Å²) in [6.07, 6.45) is 1.07. The lowest BCUT2D eigenvalue weighted by atomic mass is 9.98. The smallest absolute Gasteiger partial charge is 0.336 e. The minimum Gasteiger partial charge on any atom is -0.478 e. The number of carboxylic acids is 1. The molecular weight excluding hydrogens is 362 g/mol. The fourth-order valence-electron chi connectivity index (χ4n) is 4.13. The van der Waals surface area contributed by atoms with E-state index in [1.165, 1.54) is 11.4 Å². The van der Waals surface area contributed by atoms with Crippen LogP contribution < -0.4 is 9.80 Å². The Balaban J connectivity index is 1.45. The van der Waals surface area contributed by atoms with Gasteiger partial charge in [0.25, 0.3) is 0 Å². The monoisotopic (exact) mass is 383 g/mol. The third kappa shape index (κ3) is 3.05. The fourth-order valence-corrected chi connectivity index (χ4v) is 4.13. The van der Waals surface area contributed by atoms with Gasteiger partial charge in [-0.15, -0.1) is 0 Å². The minimum atomic E-state index is -0.909. The number of aliphatic imine (C=N–C) groups is 1. The van der Waals surface area contributed by atoms with Crippen molar-refractivity contribution in [1.82, 2.24) is 0 Å². The number of carbonyl (C=O) groups is 1. The van der Waals surface area contributed by atoms with E-state index in [4.69, 9.17) is 4.99 Å². The molecule has 0 bridgehead atoms. The van der Waals surface area contributed by atoms with E-state index in [1.807, 2.05) is 24.3 Å². The Kier molecular flexibility index (Phi) is 4.28. The van der Waals surface area contributed by atoms with E-state index in [0.29, 0.717) is 5.56 Å². The average molecular weight is 383 g/mol. The number of rotatable bonds is 4. The second kappa shape index (κ2) is 7.09. The SMILES string of the molecule is O=C(O)c1ccccc1-c1ccc(CN2C3=NCCCN3c3ccccc32)cc1. The molecule has 144 valence electrons. The van der Waals surface area contributed by atoms with Crippen molar-refractivity contribution in [3.8, 4) is 11.1 Å². The summed E-state index contributed by atoms with van der Waals surface area (Å²) >= 11 is 0. The van der Waals surface area contributed by atoms with Gasteiger partial charge in [0.15, 0.2) is 0 Å². The molecule has 0 saturated heterocycles. The van der Waals surface area contributed by atoms with Crippen LogP contribution in [0, 0.1) is 0 Å². The quantitative estimate of drug-likeness (QED) is 0.713. The zero-order valence-corrected chi connectivity index (χ0v) is 16.0. The van der Waals surface area contributed by atoms with Crippen molar-refractivity contribution >= 4 is 23.3 Å². The predicted octanol–water partition coefficient (Wildman–Crippen LogP) is 4.64. The Bertz CT molecular complexity index is 1110. The van der Waals surface area contributed by atoms with Crippen LogP contribution in [0.3, 0.4) is 0 Å². The van der Waals surface area contributed by atoms with Crippen LogP contribution >= 0.6 is 0 Å². The van der Waals surface area contributed by atoms with Crippen molar-refractivity contribution in [3.63, 3.8) is 0 Å². The maximum absolute atomic E-state index is 11.5. The highest BCUT2D eigenvalue weighted by atomic mass is 16.4.